The number of rotatable bonds is 6. The second-order valence-electron chi connectivity index (χ2n) is 12.5. The predicted octanol–water partition coefficient (Wildman–Crippen LogP) is 9.75. The van der Waals surface area contributed by atoms with E-state index in [1.54, 1.807) is 13.3 Å². The van der Waals surface area contributed by atoms with Gasteiger partial charge in [0.2, 0.25) is 0 Å². The molecule has 4 aromatic carbocycles. The van der Waals surface area contributed by atoms with Gasteiger partial charge >= 0.3 is 0 Å². The molecule has 7 aromatic rings. The van der Waals surface area contributed by atoms with Crippen molar-refractivity contribution in [1.29, 1.82) is 0 Å². The van der Waals surface area contributed by atoms with E-state index in [-0.39, 0.29) is 5.41 Å². The minimum atomic E-state index is -0.0963. The fourth-order valence-corrected chi connectivity index (χ4v) is 6.16. The van der Waals surface area contributed by atoms with Crippen LogP contribution in [0.4, 0.5) is 0 Å². The lowest BCUT2D eigenvalue weighted by molar-refractivity contribution is 0.414. The number of hydrogen-bond donors (Lipinski definition) is 0. The average molecular weight is 593 g/mol. The maximum Gasteiger partial charge on any atom is 0.141 e. The number of pyridine rings is 1. The second-order valence-corrected chi connectivity index (χ2v) is 12.5. The van der Waals surface area contributed by atoms with Crippen LogP contribution in [-0.4, -0.2) is 26.4 Å². The topological polar surface area (TPSA) is 54.1 Å². The Hall–Kier alpha value is -5.36. The lowest BCUT2D eigenvalue weighted by Crippen LogP contribution is -2.12. The maximum absolute atomic E-state index is 6.68. The standard InChI is InChI=1S/C39H36N4O2/c1-25-38(27-12-8-7-9-13-27)26(2)43(41-25)29-20-28(39(3,4)5)21-32(22-29)45-31-16-17-34-33-14-10-11-15-35(33)42(36(34)23-31)37-24-30(44-6)18-19-40-37/h7-24H,1-6H3. The van der Waals surface area contributed by atoms with Gasteiger partial charge in [-0.2, -0.15) is 5.10 Å². The minimum absolute atomic E-state index is 0.0963. The summed E-state index contributed by atoms with van der Waals surface area (Å²) in [6.07, 6.45) is 1.77. The first-order valence-corrected chi connectivity index (χ1v) is 15.2. The summed E-state index contributed by atoms with van der Waals surface area (Å²) in [6, 6.07) is 35.3. The molecule has 0 saturated heterocycles. The van der Waals surface area contributed by atoms with E-state index in [4.69, 9.17) is 19.6 Å². The molecule has 0 fully saturated rings. The van der Waals surface area contributed by atoms with E-state index in [1.807, 2.05) is 28.9 Å². The summed E-state index contributed by atoms with van der Waals surface area (Å²) < 4.78 is 16.4. The molecule has 0 N–H and O–H groups in total. The highest BCUT2D eigenvalue weighted by molar-refractivity contribution is 6.09. The summed E-state index contributed by atoms with van der Waals surface area (Å²) in [5.74, 6) is 3.04. The lowest BCUT2D eigenvalue weighted by atomic mass is 9.86. The Kier molecular flexibility index (Phi) is 6.93. The molecule has 0 radical (unpaired) electrons. The van der Waals surface area contributed by atoms with E-state index in [1.165, 1.54) is 5.56 Å². The number of nitrogens with zero attached hydrogens (tertiary/aromatic N) is 4. The molecule has 0 spiro atoms. The van der Waals surface area contributed by atoms with E-state index >= 15 is 0 Å². The first-order valence-electron chi connectivity index (χ1n) is 15.2. The van der Waals surface area contributed by atoms with Gasteiger partial charge in [-0.3, -0.25) is 4.57 Å². The van der Waals surface area contributed by atoms with E-state index in [0.717, 1.165) is 73.1 Å². The number of aromatic nitrogens is 4. The highest BCUT2D eigenvalue weighted by Crippen LogP contribution is 2.38. The molecule has 6 heteroatoms. The van der Waals surface area contributed by atoms with Crippen LogP contribution in [0.15, 0.2) is 109 Å². The van der Waals surface area contributed by atoms with E-state index in [0.29, 0.717) is 0 Å². The quantitative estimate of drug-likeness (QED) is 0.193. The summed E-state index contributed by atoms with van der Waals surface area (Å²) in [6.45, 7) is 10.9. The van der Waals surface area contributed by atoms with Crippen molar-refractivity contribution < 1.29 is 9.47 Å². The SMILES string of the molecule is COc1ccnc(-n2c3ccccc3c3ccc(Oc4cc(-n5nc(C)c(-c6ccccc6)c5C)cc(C(C)(C)C)c4)cc32)c1. The Morgan fingerprint density at radius 2 is 1.44 bits per heavy atom. The molecule has 45 heavy (non-hydrogen) atoms. The van der Waals surface area contributed by atoms with Gasteiger partial charge in [0.15, 0.2) is 0 Å². The van der Waals surface area contributed by atoms with Gasteiger partial charge in [0, 0.05) is 46.4 Å². The second kappa shape index (κ2) is 11.0. The Morgan fingerprint density at radius 1 is 0.689 bits per heavy atom. The number of para-hydroxylation sites is 1. The third kappa shape index (κ3) is 5.12. The molecule has 7 rings (SSSR count). The number of aryl methyl sites for hydroxylation is 1. The van der Waals surface area contributed by atoms with Crippen molar-refractivity contribution in [2.45, 2.75) is 40.0 Å². The largest absolute Gasteiger partial charge is 0.497 e. The number of benzene rings is 4. The normalized spacial score (nSPS) is 11.8. The van der Waals surface area contributed by atoms with Crippen molar-refractivity contribution in [2.75, 3.05) is 7.11 Å². The summed E-state index contributed by atoms with van der Waals surface area (Å²) in [5.41, 5.74) is 8.52. The highest BCUT2D eigenvalue weighted by atomic mass is 16.5. The molecule has 0 aliphatic rings. The molecular formula is C39H36N4O2. The van der Waals surface area contributed by atoms with Gasteiger partial charge in [-0.05, 0) is 66.8 Å². The molecular weight excluding hydrogens is 556 g/mol. The van der Waals surface area contributed by atoms with Gasteiger partial charge in [0.1, 0.15) is 23.1 Å². The van der Waals surface area contributed by atoms with Crippen LogP contribution in [0.5, 0.6) is 17.2 Å². The molecule has 0 aliphatic heterocycles. The first kappa shape index (κ1) is 28.4. The fourth-order valence-electron chi connectivity index (χ4n) is 6.16. The van der Waals surface area contributed by atoms with Gasteiger partial charge in [-0.1, -0.05) is 69.3 Å². The highest BCUT2D eigenvalue weighted by Gasteiger charge is 2.21. The molecule has 3 aromatic heterocycles. The van der Waals surface area contributed by atoms with Crippen LogP contribution in [0.25, 0.3) is 44.4 Å². The van der Waals surface area contributed by atoms with Crippen molar-refractivity contribution >= 4 is 21.8 Å². The Bertz CT molecular complexity index is 2190. The van der Waals surface area contributed by atoms with Crippen LogP contribution in [0, 0.1) is 13.8 Å². The molecule has 3 heterocycles. The van der Waals surface area contributed by atoms with Crippen molar-refractivity contribution in [1.82, 2.24) is 19.3 Å². The minimum Gasteiger partial charge on any atom is -0.497 e. The van der Waals surface area contributed by atoms with Crippen molar-refractivity contribution in [3.8, 4) is 39.9 Å². The van der Waals surface area contributed by atoms with Crippen LogP contribution >= 0.6 is 0 Å². The zero-order chi connectivity index (χ0) is 31.3. The van der Waals surface area contributed by atoms with Crippen molar-refractivity contribution in [2.24, 2.45) is 0 Å². The number of fused-ring (bicyclic) bond motifs is 3. The molecule has 6 nitrogen and oxygen atoms in total. The molecule has 0 bridgehead atoms. The zero-order valence-electron chi connectivity index (χ0n) is 26.5. The third-order valence-corrected chi connectivity index (χ3v) is 8.42. The summed E-state index contributed by atoms with van der Waals surface area (Å²) in [5, 5.41) is 7.27. The summed E-state index contributed by atoms with van der Waals surface area (Å²) in [4.78, 5) is 4.70. The Balaban J connectivity index is 1.35. The Labute approximate surface area is 263 Å². The smallest absolute Gasteiger partial charge is 0.141 e. The van der Waals surface area contributed by atoms with Gasteiger partial charge in [0.25, 0.3) is 0 Å². The molecule has 0 atom stereocenters. The van der Waals surface area contributed by atoms with Gasteiger partial charge in [-0.25, -0.2) is 9.67 Å². The van der Waals surface area contributed by atoms with Crippen LogP contribution < -0.4 is 9.47 Å². The van der Waals surface area contributed by atoms with Gasteiger partial charge < -0.3 is 9.47 Å². The van der Waals surface area contributed by atoms with E-state index in [9.17, 15) is 0 Å². The number of methoxy groups -OCH3 is 1. The van der Waals surface area contributed by atoms with Crippen molar-refractivity contribution in [3.05, 3.63) is 126 Å². The van der Waals surface area contributed by atoms with Gasteiger partial charge in [-0.15, -0.1) is 0 Å². The third-order valence-electron chi connectivity index (χ3n) is 8.42. The van der Waals surface area contributed by atoms with Crippen LogP contribution in [0.3, 0.4) is 0 Å². The fraction of sp³-hybridized carbons (Fsp3) is 0.179. The Morgan fingerprint density at radius 3 is 2.22 bits per heavy atom. The maximum atomic E-state index is 6.68. The number of ether oxygens (including phenoxy) is 2. The van der Waals surface area contributed by atoms with Crippen molar-refractivity contribution in [3.63, 3.8) is 0 Å². The molecule has 224 valence electrons. The molecule has 0 aliphatic carbocycles. The summed E-state index contributed by atoms with van der Waals surface area (Å²) >= 11 is 0. The van der Waals surface area contributed by atoms with E-state index in [2.05, 4.69) is 118 Å². The van der Waals surface area contributed by atoms with Gasteiger partial charge in [0.05, 0.1) is 29.5 Å². The lowest BCUT2D eigenvalue weighted by Gasteiger charge is -2.22. The molecule has 0 unspecified atom stereocenters. The molecule has 0 saturated carbocycles. The predicted molar refractivity (Wildman–Crippen MR) is 182 cm³/mol. The van der Waals surface area contributed by atoms with Crippen LogP contribution in [-0.2, 0) is 5.41 Å². The summed E-state index contributed by atoms with van der Waals surface area (Å²) in [7, 11) is 1.67. The average Bonchev–Trinajstić information content (AvgIpc) is 3.53. The number of hydrogen-bond acceptors (Lipinski definition) is 4. The van der Waals surface area contributed by atoms with Crippen LogP contribution in [0.2, 0.25) is 0 Å². The van der Waals surface area contributed by atoms with E-state index < -0.39 is 0 Å². The monoisotopic (exact) mass is 592 g/mol. The zero-order valence-corrected chi connectivity index (χ0v) is 26.5. The first-order chi connectivity index (χ1) is 21.7. The molecule has 0 amide bonds. The van der Waals surface area contributed by atoms with Crippen LogP contribution in [0.1, 0.15) is 37.7 Å².